The summed E-state index contributed by atoms with van der Waals surface area (Å²) < 4.78 is 0. The van der Waals surface area contributed by atoms with Crippen LogP contribution in [0, 0.1) is 11.3 Å². The summed E-state index contributed by atoms with van der Waals surface area (Å²) >= 11 is 0. The highest BCUT2D eigenvalue weighted by Crippen LogP contribution is 2.20. The molecule has 1 heterocycles. The number of hydrogen-bond acceptors (Lipinski definition) is 3. The topological polar surface area (TPSA) is 76.9 Å². The van der Waals surface area contributed by atoms with Gasteiger partial charge < -0.3 is 10.1 Å². The molecule has 0 radical (unpaired) electrons. The van der Waals surface area contributed by atoms with Crippen molar-refractivity contribution >= 4 is 0 Å². The lowest BCUT2D eigenvalue weighted by Crippen LogP contribution is -2.03. The van der Waals surface area contributed by atoms with Gasteiger partial charge in [-0.05, 0) is 23.8 Å². The predicted molar refractivity (Wildman–Crippen MR) is 58.9 cm³/mol. The first kappa shape index (κ1) is 9.99. The molecule has 0 saturated carbocycles. The second-order valence-electron chi connectivity index (χ2n) is 3.29. The highest BCUT2D eigenvalue weighted by atomic mass is 16.3. The van der Waals surface area contributed by atoms with Crippen LogP contribution in [0.25, 0.3) is 11.1 Å². The lowest BCUT2D eigenvalue weighted by Gasteiger charge is -2.01. The Morgan fingerprint density at radius 1 is 1.19 bits per heavy atom. The van der Waals surface area contributed by atoms with Crippen molar-refractivity contribution in [2.24, 2.45) is 0 Å². The zero-order valence-electron chi connectivity index (χ0n) is 8.27. The molecule has 1 aromatic carbocycles. The molecule has 0 aliphatic heterocycles. The molecule has 16 heavy (non-hydrogen) atoms. The molecule has 0 atom stereocenters. The van der Waals surface area contributed by atoms with Gasteiger partial charge in [-0.3, -0.25) is 4.79 Å². The summed E-state index contributed by atoms with van der Waals surface area (Å²) in [6.07, 6.45) is 1.52. The Balaban J connectivity index is 2.47. The van der Waals surface area contributed by atoms with E-state index in [9.17, 15) is 9.90 Å². The zero-order valence-corrected chi connectivity index (χ0v) is 8.27. The van der Waals surface area contributed by atoms with Crippen LogP contribution in [0.5, 0.6) is 5.75 Å². The summed E-state index contributed by atoms with van der Waals surface area (Å²) in [6, 6.07) is 10.3. The van der Waals surface area contributed by atoms with Gasteiger partial charge in [0, 0.05) is 11.8 Å². The Labute approximate surface area is 91.4 Å². The van der Waals surface area contributed by atoms with Crippen molar-refractivity contribution in [2.45, 2.75) is 0 Å². The summed E-state index contributed by atoms with van der Waals surface area (Å²) in [5.41, 5.74) is 1.57. The van der Waals surface area contributed by atoms with E-state index in [0.717, 1.165) is 5.56 Å². The quantitative estimate of drug-likeness (QED) is 0.754. The molecule has 0 saturated heterocycles. The Bertz CT molecular complexity index is 606. The van der Waals surface area contributed by atoms with E-state index in [-0.39, 0.29) is 5.75 Å². The molecule has 0 aliphatic carbocycles. The van der Waals surface area contributed by atoms with Gasteiger partial charge in [0.1, 0.15) is 0 Å². The number of aromatic hydroxyl groups is 1. The minimum Gasteiger partial charge on any atom is -0.503 e. The molecule has 0 fully saturated rings. The number of benzene rings is 1. The van der Waals surface area contributed by atoms with Crippen molar-refractivity contribution in [2.75, 3.05) is 0 Å². The summed E-state index contributed by atoms with van der Waals surface area (Å²) in [6.45, 7) is 0. The molecule has 0 unspecified atom stereocenters. The molecule has 2 N–H and O–H groups in total. The maximum atomic E-state index is 11.0. The van der Waals surface area contributed by atoms with Gasteiger partial charge in [0.2, 0.25) is 0 Å². The van der Waals surface area contributed by atoms with E-state index in [0.29, 0.717) is 11.1 Å². The molecule has 4 heteroatoms. The lowest BCUT2D eigenvalue weighted by molar-refractivity contribution is 0.467. The molecule has 0 amide bonds. The smallest absolute Gasteiger partial charge is 0.290 e. The van der Waals surface area contributed by atoms with E-state index < -0.39 is 5.56 Å². The Kier molecular flexibility index (Phi) is 2.44. The van der Waals surface area contributed by atoms with Crippen LogP contribution in [-0.4, -0.2) is 10.1 Å². The van der Waals surface area contributed by atoms with E-state index in [1.165, 1.54) is 12.3 Å². The van der Waals surface area contributed by atoms with E-state index >= 15 is 0 Å². The highest BCUT2D eigenvalue weighted by molar-refractivity contribution is 5.64. The van der Waals surface area contributed by atoms with Crippen molar-refractivity contribution in [1.82, 2.24) is 4.98 Å². The van der Waals surface area contributed by atoms with Gasteiger partial charge in [-0.1, -0.05) is 12.1 Å². The van der Waals surface area contributed by atoms with Gasteiger partial charge in [-0.15, -0.1) is 0 Å². The number of nitrogens with zero attached hydrogens (tertiary/aromatic N) is 1. The average Bonchev–Trinajstić information content (AvgIpc) is 2.33. The number of aromatic nitrogens is 1. The van der Waals surface area contributed by atoms with Crippen molar-refractivity contribution in [1.29, 1.82) is 5.26 Å². The average molecular weight is 212 g/mol. The zero-order chi connectivity index (χ0) is 11.5. The number of nitrogens with one attached hydrogen (secondary N) is 1. The number of H-pyrrole nitrogens is 1. The van der Waals surface area contributed by atoms with Crippen LogP contribution in [0.1, 0.15) is 5.56 Å². The SMILES string of the molecule is N#Cc1ccc(-c2c[nH]c(=O)c(O)c2)cc1. The summed E-state index contributed by atoms with van der Waals surface area (Å²) in [5, 5.41) is 17.9. The first-order valence-corrected chi connectivity index (χ1v) is 4.63. The minimum absolute atomic E-state index is 0.318. The van der Waals surface area contributed by atoms with Gasteiger partial charge in [-0.2, -0.15) is 5.26 Å². The normalized spacial score (nSPS) is 9.69. The molecular formula is C12H8N2O2. The molecule has 0 aliphatic rings. The van der Waals surface area contributed by atoms with Crippen LogP contribution in [0.15, 0.2) is 41.3 Å². The fourth-order valence-electron chi connectivity index (χ4n) is 1.38. The van der Waals surface area contributed by atoms with Crippen LogP contribution >= 0.6 is 0 Å². The number of hydrogen-bond donors (Lipinski definition) is 2. The molecule has 0 bridgehead atoms. The molecule has 2 aromatic rings. The standard InChI is InChI=1S/C12H8N2O2/c13-6-8-1-3-9(4-2-8)10-5-11(15)12(16)14-7-10/h1-5,7,15H,(H,14,16). The fraction of sp³-hybridized carbons (Fsp3) is 0. The first-order chi connectivity index (χ1) is 7.70. The van der Waals surface area contributed by atoms with Crippen LogP contribution in [-0.2, 0) is 0 Å². The molecule has 78 valence electrons. The van der Waals surface area contributed by atoms with Crippen molar-refractivity contribution in [3.8, 4) is 22.9 Å². The third kappa shape index (κ3) is 1.79. The lowest BCUT2D eigenvalue weighted by atomic mass is 10.1. The third-order valence-corrected chi connectivity index (χ3v) is 2.23. The monoisotopic (exact) mass is 212 g/mol. The highest BCUT2D eigenvalue weighted by Gasteiger charge is 2.01. The molecule has 2 rings (SSSR count). The van der Waals surface area contributed by atoms with Crippen LogP contribution < -0.4 is 5.56 Å². The van der Waals surface area contributed by atoms with Gasteiger partial charge >= 0.3 is 0 Å². The third-order valence-electron chi connectivity index (χ3n) is 2.23. The predicted octanol–water partition coefficient (Wildman–Crippen LogP) is 1.62. The molecule has 4 nitrogen and oxygen atoms in total. The summed E-state index contributed by atoms with van der Waals surface area (Å²) in [5.74, 6) is -0.318. The summed E-state index contributed by atoms with van der Waals surface area (Å²) in [7, 11) is 0. The minimum atomic E-state index is -0.516. The maximum Gasteiger partial charge on any atom is 0.290 e. The van der Waals surface area contributed by atoms with Crippen LogP contribution in [0.3, 0.4) is 0 Å². The van der Waals surface area contributed by atoms with Gasteiger partial charge in [0.05, 0.1) is 11.6 Å². The van der Waals surface area contributed by atoms with E-state index in [1.807, 2.05) is 6.07 Å². The molecular weight excluding hydrogens is 204 g/mol. The van der Waals surface area contributed by atoms with Crippen molar-refractivity contribution in [3.05, 3.63) is 52.4 Å². The summed E-state index contributed by atoms with van der Waals surface area (Å²) in [4.78, 5) is 13.4. The second kappa shape index (κ2) is 3.91. The van der Waals surface area contributed by atoms with Crippen molar-refractivity contribution < 1.29 is 5.11 Å². The van der Waals surface area contributed by atoms with E-state index in [2.05, 4.69) is 4.98 Å². The number of aromatic amines is 1. The second-order valence-corrected chi connectivity index (χ2v) is 3.29. The van der Waals surface area contributed by atoms with Crippen LogP contribution in [0.2, 0.25) is 0 Å². The maximum absolute atomic E-state index is 11.0. The fourth-order valence-corrected chi connectivity index (χ4v) is 1.38. The Morgan fingerprint density at radius 3 is 2.44 bits per heavy atom. The van der Waals surface area contributed by atoms with E-state index in [1.54, 1.807) is 24.3 Å². The van der Waals surface area contributed by atoms with Crippen LogP contribution in [0.4, 0.5) is 0 Å². The van der Waals surface area contributed by atoms with E-state index in [4.69, 9.17) is 5.26 Å². The Hall–Kier alpha value is -2.54. The largest absolute Gasteiger partial charge is 0.503 e. The van der Waals surface area contributed by atoms with Gasteiger partial charge in [0.25, 0.3) is 5.56 Å². The number of pyridine rings is 1. The number of rotatable bonds is 1. The van der Waals surface area contributed by atoms with Gasteiger partial charge in [0.15, 0.2) is 5.75 Å². The Morgan fingerprint density at radius 2 is 1.88 bits per heavy atom. The molecule has 0 spiro atoms. The first-order valence-electron chi connectivity index (χ1n) is 4.63. The number of nitriles is 1. The van der Waals surface area contributed by atoms with Crippen molar-refractivity contribution in [3.63, 3.8) is 0 Å². The van der Waals surface area contributed by atoms with Gasteiger partial charge in [-0.25, -0.2) is 0 Å². The molecule has 1 aromatic heterocycles.